The molecule has 0 saturated carbocycles. The van der Waals surface area contributed by atoms with E-state index in [1.54, 1.807) is 0 Å². The van der Waals surface area contributed by atoms with Crippen molar-refractivity contribution >= 4 is 18.4 Å². The van der Waals surface area contributed by atoms with Crippen molar-refractivity contribution in [2.45, 2.75) is 19.4 Å². The van der Waals surface area contributed by atoms with Gasteiger partial charge in [0.15, 0.2) is 0 Å². The van der Waals surface area contributed by atoms with Gasteiger partial charge < -0.3 is 9.05 Å². The molecule has 66 valence electrons. The third-order valence-corrected chi connectivity index (χ3v) is 5.25. The van der Waals surface area contributed by atoms with Crippen LogP contribution in [0.5, 0.6) is 0 Å². The molecule has 1 heterocycles. The minimum atomic E-state index is -2.07. The van der Waals surface area contributed by atoms with Crippen molar-refractivity contribution in [2.75, 3.05) is 20.7 Å². The lowest BCUT2D eigenvalue weighted by Gasteiger charge is -2.34. The highest BCUT2D eigenvalue weighted by molar-refractivity contribution is 8.08. The molecule has 1 fully saturated rings. The van der Waals surface area contributed by atoms with Crippen molar-refractivity contribution in [3.63, 3.8) is 0 Å². The highest BCUT2D eigenvalue weighted by Gasteiger charge is 2.28. The molecule has 1 aliphatic rings. The van der Waals surface area contributed by atoms with Crippen LogP contribution in [0.1, 0.15) is 13.3 Å². The smallest absolute Gasteiger partial charge is 0.263 e. The molecule has 0 radical (unpaired) electrons. The summed E-state index contributed by atoms with van der Waals surface area (Å²) >= 11 is 5.25. The molecular weight excluding hydrogens is 181 g/mol. The molecule has 3 nitrogen and oxygen atoms in total. The van der Waals surface area contributed by atoms with Crippen molar-refractivity contribution in [1.29, 1.82) is 0 Å². The fourth-order valence-electron chi connectivity index (χ4n) is 0.854. The molecule has 1 saturated heterocycles. The summed E-state index contributed by atoms with van der Waals surface area (Å²) in [6.45, 7) is 0.693. The minimum Gasteiger partial charge on any atom is -0.318 e. The quantitative estimate of drug-likeness (QED) is 0.592. The van der Waals surface area contributed by atoms with E-state index in [1.165, 1.54) is 0 Å². The molecule has 0 spiro atoms. The Bertz CT molecular complexity index is 185. The van der Waals surface area contributed by atoms with Gasteiger partial charge in [0.2, 0.25) is 0 Å². The zero-order valence-electron chi connectivity index (χ0n) is 7.11. The maximum atomic E-state index is 5.56. The van der Waals surface area contributed by atoms with Gasteiger partial charge in [0.05, 0.1) is 12.7 Å². The molecule has 0 aromatic carbocycles. The highest BCUT2D eigenvalue weighted by Crippen LogP contribution is 2.54. The van der Waals surface area contributed by atoms with Gasteiger partial charge in [0, 0.05) is 0 Å². The lowest BCUT2D eigenvalue weighted by molar-refractivity contribution is 0.100. The third-order valence-electron chi connectivity index (χ3n) is 1.58. The van der Waals surface area contributed by atoms with E-state index in [9.17, 15) is 0 Å². The van der Waals surface area contributed by atoms with Crippen LogP contribution in [0.25, 0.3) is 0 Å². The van der Waals surface area contributed by atoms with Crippen LogP contribution in [-0.2, 0) is 20.9 Å². The van der Waals surface area contributed by atoms with Gasteiger partial charge in [0.25, 0.3) is 6.64 Å². The Hall–Kier alpha value is 0.530. The van der Waals surface area contributed by atoms with Crippen LogP contribution < -0.4 is 0 Å². The molecule has 0 aliphatic carbocycles. The molecule has 0 amide bonds. The van der Waals surface area contributed by atoms with Crippen LogP contribution >= 0.6 is 6.64 Å². The third kappa shape index (κ3) is 2.23. The van der Waals surface area contributed by atoms with E-state index in [4.69, 9.17) is 20.9 Å². The number of hydrogen-bond acceptors (Lipinski definition) is 3. The van der Waals surface area contributed by atoms with Crippen molar-refractivity contribution in [2.24, 2.45) is 0 Å². The molecule has 1 rings (SSSR count). The van der Waals surface area contributed by atoms with Gasteiger partial charge >= 0.3 is 0 Å². The van der Waals surface area contributed by atoms with Crippen molar-refractivity contribution in [1.82, 2.24) is 4.67 Å². The van der Waals surface area contributed by atoms with E-state index >= 15 is 0 Å². The predicted octanol–water partition coefficient (Wildman–Crippen LogP) is 1.60. The molecule has 0 unspecified atom stereocenters. The van der Waals surface area contributed by atoms with Crippen LogP contribution in [0.4, 0.5) is 0 Å². The Balaban J connectivity index is 2.63. The summed E-state index contributed by atoms with van der Waals surface area (Å²) in [4.78, 5) is 0. The lowest BCUT2D eigenvalue weighted by atomic mass is 10.3. The maximum Gasteiger partial charge on any atom is 0.263 e. The van der Waals surface area contributed by atoms with E-state index in [0.29, 0.717) is 0 Å². The Morgan fingerprint density at radius 2 is 2.18 bits per heavy atom. The van der Waals surface area contributed by atoms with Gasteiger partial charge in [-0.25, -0.2) is 4.67 Å². The summed E-state index contributed by atoms with van der Waals surface area (Å²) in [6, 6.07) is 0. The SMILES string of the molecule is C[C@@H]1CCO[P@@](=S)(N(C)C)O1. The second-order valence-electron chi connectivity index (χ2n) is 2.85. The molecule has 0 aromatic rings. The van der Waals surface area contributed by atoms with Crippen LogP contribution in [0.15, 0.2) is 0 Å². The first-order valence-electron chi connectivity index (χ1n) is 3.65. The fraction of sp³-hybridized carbons (Fsp3) is 1.00. The molecular formula is C6H14NO2PS. The van der Waals surface area contributed by atoms with Crippen molar-refractivity contribution in [3.8, 4) is 0 Å². The first kappa shape index (κ1) is 9.62. The van der Waals surface area contributed by atoms with Crippen LogP contribution in [0, 0.1) is 0 Å². The highest BCUT2D eigenvalue weighted by atomic mass is 32.5. The average Bonchev–Trinajstić information content (AvgIpc) is 1.86. The number of rotatable bonds is 1. The first-order chi connectivity index (χ1) is 5.04. The van der Waals surface area contributed by atoms with Gasteiger partial charge in [-0.05, 0) is 39.2 Å². The van der Waals surface area contributed by atoms with Gasteiger partial charge in [-0.2, -0.15) is 0 Å². The summed E-state index contributed by atoms with van der Waals surface area (Å²) in [6.07, 6.45) is 1.20. The second kappa shape index (κ2) is 3.50. The summed E-state index contributed by atoms with van der Waals surface area (Å²) < 4.78 is 12.9. The van der Waals surface area contributed by atoms with Crippen molar-refractivity contribution in [3.05, 3.63) is 0 Å². The molecule has 0 bridgehead atoms. The number of hydrogen-bond donors (Lipinski definition) is 0. The average molecular weight is 195 g/mol. The summed E-state index contributed by atoms with van der Waals surface area (Å²) in [5.74, 6) is 0. The van der Waals surface area contributed by atoms with Crippen molar-refractivity contribution < 1.29 is 9.05 Å². The molecule has 0 aromatic heterocycles. The zero-order chi connectivity index (χ0) is 8.48. The van der Waals surface area contributed by atoms with Crippen LogP contribution in [-0.4, -0.2) is 31.5 Å². The Labute approximate surface area is 72.9 Å². The zero-order valence-corrected chi connectivity index (χ0v) is 8.82. The first-order valence-corrected chi connectivity index (χ1v) is 6.24. The van der Waals surface area contributed by atoms with E-state index in [0.717, 1.165) is 13.0 Å². The summed E-state index contributed by atoms with van der Waals surface area (Å²) in [5, 5.41) is 0. The van der Waals surface area contributed by atoms with Gasteiger partial charge in [-0.15, -0.1) is 0 Å². The van der Waals surface area contributed by atoms with E-state index < -0.39 is 6.64 Å². The molecule has 2 atom stereocenters. The summed E-state index contributed by atoms with van der Waals surface area (Å²) in [5.41, 5.74) is 0. The monoisotopic (exact) mass is 195 g/mol. The minimum absolute atomic E-state index is 0.247. The Kier molecular flexibility index (Phi) is 3.06. The van der Waals surface area contributed by atoms with E-state index in [1.807, 2.05) is 25.7 Å². The molecule has 1 aliphatic heterocycles. The predicted molar refractivity (Wildman–Crippen MR) is 49.1 cm³/mol. The maximum absolute atomic E-state index is 5.56. The fourth-order valence-corrected chi connectivity index (χ4v) is 2.90. The lowest BCUT2D eigenvalue weighted by Crippen LogP contribution is -2.23. The molecule has 11 heavy (non-hydrogen) atoms. The van der Waals surface area contributed by atoms with Gasteiger partial charge in [-0.3, -0.25) is 0 Å². The summed E-state index contributed by atoms with van der Waals surface area (Å²) in [7, 11) is 3.80. The standard InChI is InChI=1S/C6H14NO2PS/c1-6-4-5-8-10(11,9-6)7(2)3/h6H,4-5H2,1-3H3/t6-,10+/m1/s1. The van der Waals surface area contributed by atoms with Gasteiger partial charge in [-0.1, -0.05) is 0 Å². The molecule has 5 heteroatoms. The van der Waals surface area contributed by atoms with E-state index in [-0.39, 0.29) is 6.10 Å². The second-order valence-corrected chi connectivity index (χ2v) is 6.44. The van der Waals surface area contributed by atoms with Gasteiger partial charge in [0.1, 0.15) is 0 Å². The topological polar surface area (TPSA) is 21.7 Å². The Morgan fingerprint density at radius 3 is 2.55 bits per heavy atom. The van der Waals surface area contributed by atoms with Crippen LogP contribution in [0.2, 0.25) is 0 Å². The largest absolute Gasteiger partial charge is 0.318 e. The Morgan fingerprint density at radius 1 is 1.55 bits per heavy atom. The van der Waals surface area contributed by atoms with Crippen LogP contribution in [0.3, 0.4) is 0 Å². The number of nitrogens with zero attached hydrogens (tertiary/aromatic N) is 1. The molecule has 0 N–H and O–H groups in total. The van der Waals surface area contributed by atoms with E-state index in [2.05, 4.69) is 0 Å². The normalized spacial score (nSPS) is 39.5.